The standard InChI is InChI=1S/C31H38FNO5/c1-20(2)8-7-16-31(4)25-13-11-21(3)37-29(25)24-18-23(12-14-27(24)38-31)30(36)33(19-28(34)35)17-15-22-9-5-6-10-26(22)32/h5-6,8-10,12,14,18,21,25,29H,7,11,13,15-17,19H2,1-4H3,(H,34,35)/t21-,25-,29+,31-/m1/s1. The highest BCUT2D eigenvalue weighted by atomic mass is 19.1. The highest BCUT2D eigenvalue weighted by Gasteiger charge is 2.49. The molecule has 0 bridgehead atoms. The van der Waals surface area contributed by atoms with Crippen LogP contribution in [0.15, 0.2) is 54.1 Å². The lowest BCUT2D eigenvalue weighted by atomic mass is 9.72. The molecule has 0 aliphatic carbocycles. The molecule has 0 radical (unpaired) electrons. The monoisotopic (exact) mass is 523 g/mol. The molecule has 0 aromatic heterocycles. The second kappa shape index (κ2) is 11.7. The number of fused-ring (bicyclic) bond motifs is 3. The van der Waals surface area contributed by atoms with E-state index in [9.17, 15) is 19.1 Å². The molecule has 2 aromatic rings. The van der Waals surface area contributed by atoms with Crippen molar-refractivity contribution >= 4 is 11.9 Å². The lowest BCUT2D eigenvalue weighted by Crippen LogP contribution is -2.50. The fraction of sp³-hybridized carbons (Fsp3) is 0.484. The van der Waals surface area contributed by atoms with Crippen molar-refractivity contribution in [3.8, 4) is 5.75 Å². The molecular weight excluding hydrogens is 485 g/mol. The third-order valence-electron chi connectivity index (χ3n) is 7.73. The van der Waals surface area contributed by atoms with E-state index >= 15 is 0 Å². The van der Waals surface area contributed by atoms with Gasteiger partial charge in [-0.15, -0.1) is 0 Å². The number of carbonyl (C=O) groups is 2. The average molecular weight is 524 g/mol. The normalized spacial score (nSPS) is 24.0. The minimum atomic E-state index is -1.12. The minimum absolute atomic E-state index is 0.0850. The van der Waals surface area contributed by atoms with Crippen LogP contribution in [-0.4, -0.2) is 46.7 Å². The Hall–Kier alpha value is -3.19. The predicted molar refractivity (Wildman–Crippen MR) is 144 cm³/mol. The molecule has 2 heterocycles. The first-order valence-corrected chi connectivity index (χ1v) is 13.4. The maximum absolute atomic E-state index is 14.1. The van der Waals surface area contributed by atoms with Gasteiger partial charge in [0, 0.05) is 23.6 Å². The van der Waals surface area contributed by atoms with Crippen molar-refractivity contribution in [2.45, 2.75) is 77.6 Å². The molecule has 2 aliphatic rings. The summed E-state index contributed by atoms with van der Waals surface area (Å²) in [6.45, 7) is 8.02. The summed E-state index contributed by atoms with van der Waals surface area (Å²) in [7, 11) is 0. The van der Waals surface area contributed by atoms with Gasteiger partial charge < -0.3 is 19.5 Å². The fourth-order valence-electron chi connectivity index (χ4n) is 5.66. The van der Waals surface area contributed by atoms with Crippen LogP contribution in [0.3, 0.4) is 0 Å². The van der Waals surface area contributed by atoms with Crippen LogP contribution in [0.2, 0.25) is 0 Å². The summed E-state index contributed by atoms with van der Waals surface area (Å²) in [6, 6.07) is 11.6. The summed E-state index contributed by atoms with van der Waals surface area (Å²) in [5.74, 6) is -1.07. The second-order valence-corrected chi connectivity index (χ2v) is 11.0. The third-order valence-corrected chi connectivity index (χ3v) is 7.73. The summed E-state index contributed by atoms with van der Waals surface area (Å²) in [6.07, 6.45) is 6.00. The smallest absolute Gasteiger partial charge is 0.323 e. The molecule has 0 spiro atoms. The number of carbonyl (C=O) groups excluding carboxylic acids is 1. The Labute approximate surface area is 224 Å². The lowest BCUT2D eigenvalue weighted by molar-refractivity contribution is -0.152. The van der Waals surface area contributed by atoms with Crippen molar-refractivity contribution < 1.29 is 28.6 Å². The Bertz CT molecular complexity index is 1210. The van der Waals surface area contributed by atoms with Crippen molar-refractivity contribution in [3.05, 3.63) is 76.6 Å². The topological polar surface area (TPSA) is 76.1 Å². The number of nitrogens with zero attached hydrogens (tertiary/aromatic N) is 1. The summed E-state index contributed by atoms with van der Waals surface area (Å²) >= 11 is 0. The first kappa shape index (κ1) is 27.8. The van der Waals surface area contributed by atoms with Gasteiger partial charge in [-0.2, -0.15) is 0 Å². The number of carboxylic acid groups (broad SMARTS) is 1. The molecule has 7 heteroatoms. The first-order chi connectivity index (χ1) is 18.1. The number of ether oxygens (including phenoxy) is 2. The zero-order valence-corrected chi connectivity index (χ0v) is 22.7. The largest absolute Gasteiger partial charge is 0.487 e. The maximum atomic E-state index is 14.1. The second-order valence-electron chi connectivity index (χ2n) is 11.0. The van der Waals surface area contributed by atoms with Crippen LogP contribution in [0.5, 0.6) is 5.75 Å². The van der Waals surface area contributed by atoms with Crippen LogP contribution in [0.1, 0.15) is 81.0 Å². The Balaban J connectivity index is 1.61. The molecule has 2 aliphatic heterocycles. The molecule has 1 N–H and O–H groups in total. The van der Waals surface area contributed by atoms with E-state index in [-0.39, 0.29) is 36.9 Å². The number of hydrogen-bond donors (Lipinski definition) is 1. The fourth-order valence-corrected chi connectivity index (χ4v) is 5.66. The molecule has 204 valence electrons. The highest BCUT2D eigenvalue weighted by Crippen LogP contribution is 2.52. The van der Waals surface area contributed by atoms with E-state index in [2.05, 4.69) is 33.8 Å². The Morgan fingerprint density at radius 3 is 2.66 bits per heavy atom. The van der Waals surface area contributed by atoms with E-state index in [0.717, 1.165) is 31.2 Å². The lowest BCUT2D eigenvalue weighted by Gasteiger charge is -2.50. The average Bonchev–Trinajstić information content (AvgIpc) is 2.86. The molecule has 4 atom stereocenters. The van der Waals surface area contributed by atoms with Crippen molar-refractivity contribution in [1.29, 1.82) is 0 Å². The van der Waals surface area contributed by atoms with Gasteiger partial charge in [0.15, 0.2) is 0 Å². The number of carboxylic acids is 1. The van der Waals surface area contributed by atoms with Crippen LogP contribution < -0.4 is 4.74 Å². The molecule has 1 amide bonds. The van der Waals surface area contributed by atoms with E-state index in [1.807, 2.05) is 0 Å². The van der Waals surface area contributed by atoms with Gasteiger partial charge >= 0.3 is 5.97 Å². The number of hydrogen-bond acceptors (Lipinski definition) is 4. The van der Waals surface area contributed by atoms with Gasteiger partial charge in [-0.1, -0.05) is 29.8 Å². The van der Waals surface area contributed by atoms with Crippen molar-refractivity contribution in [3.63, 3.8) is 0 Å². The molecule has 0 saturated carbocycles. The molecule has 2 aromatic carbocycles. The van der Waals surface area contributed by atoms with Crippen LogP contribution in [0, 0.1) is 11.7 Å². The Morgan fingerprint density at radius 1 is 1.18 bits per heavy atom. The molecular formula is C31H38FNO5. The first-order valence-electron chi connectivity index (χ1n) is 13.4. The van der Waals surface area contributed by atoms with Crippen LogP contribution in [0.25, 0.3) is 0 Å². The Morgan fingerprint density at radius 2 is 1.95 bits per heavy atom. The summed E-state index contributed by atoms with van der Waals surface area (Å²) < 4.78 is 27.2. The van der Waals surface area contributed by atoms with Gasteiger partial charge in [0.05, 0.1) is 12.2 Å². The number of aliphatic carboxylic acids is 1. The predicted octanol–water partition coefficient (Wildman–Crippen LogP) is 6.35. The van der Waals surface area contributed by atoms with Gasteiger partial charge in [0.2, 0.25) is 0 Å². The van der Waals surface area contributed by atoms with Gasteiger partial charge in [-0.05, 0) is 89.6 Å². The van der Waals surface area contributed by atoms with Crippen LogP contribution >= 0.6 is 0 Å². The van der Waals surface area contributed by atoms with Crippen molar-refractivity contribution in [1.82, 2.24) is 4.90 Å². The number of benzene rings is 2. The van der Waals surface area contributed by atoms with Gasteiger partial charge in [0.25, 0.3) is 5.91 Å². The summed E-state index contributed by atoms with van der Waals surface area (Å²) in [5, 5.41) is 9.46. The van der Waals surface area contributed by atoms with Crippen LogP contribution in [0.4, 0.5) is 4.39 Å². The number of halogens is 1. The number of allylic oxidation sites excluding steroid dienone is 2. The molecule has 6 nitrogen and oxygen atoms in total. The zero-order valence-electron chi connectivity index (χ0n) is 22.7. The van der Waals surface area contributed by atoms with Gasteiger partial charge in [-0.3, -0.25) is 9.59 Å². The number of amides is 1. The molecule has 38 heavy (non-hydrogen) atoms. The maximum Gasteiger partial charge on any atom is 0.323 e. The minimum Gasteiger partial charge on any atom is -0.487 e. The van der Waals surface area contributed by atoms with E-state index in [1.54, 1.807) is 36.4 Å². The van der Waals surface area contributed by atoms with Gasteiger partial charge in [-0.25, -0.2) is 4.39 Å². The van der Waals surface area contributed by atoms with E-state index in [4.69, 9.17) is 9.47 Å². The quantitative estimate of drug-likeness (QED) is 0.388. The van der Waals surface area contributed by atoms with E-state index in [1.165, 1.54) is 16.5 Å². The van der Waals surface area contributed by atoms with Crippen LogP contribution in [-0.2, 0) is 16.0 Å². The SMILES string of the molecule is CC(C)=CCC[C@@]1(C)Oc2ccc(C(=O)N(CCc3ccccc3F)CC(=O)O)cc2[C@@H]2O[C@H](C)CC[C@H]21. The highest BCUT2D eigenvalue weighted by molar-refractivity contribution is 5.96. The number of rotatable bonds is 9. The van der Waals surface area contributed by atoms with E-state index in [0.29, 0.717) is 16.9 Å². The molecule has 4 rings (SSSR count). The van der Waals surface area contributed by atoms with Gasteiger partial charge in [0.1, 0.15) is 23.7 Å². The van der Waals surface area contributed by atoms with Crippen molar-refractivity contribution in [2.75, 3.05) is 13.1 Å². The molecule has 1 fully saturated rings. The van der Waals surface area contributed by atoms with Crippen molar-refractivity contribution in [2.24, 2.45) is 5.92 Å². The molecule has 0 unspecified atom stereocenters. The third kappa shape index (κ3) is 6.26. The zero-order chi connectivity index (χ0) is 27.4. The Kier molecular flexibility index (Phi) is 8.56. The summed E-state index contributed by atoms with van der Waals surface area (Å²) in [5.41, 5.74) is 2.52. The summed E-state index contributed by atoms with van der Waals surface area (Å²) in [4.78, 5) is 26.3. The van der Waals surface area contributed by atoms with E-state index < -0.39 is 24.0 Å². The molecule has 1 saturated heterocycles.